The first-order chi connectivity index (χ1) is 14.9. The van der Waals surface area contributed by atoms with Crippen LogP contribution in [0.5, 0.6) is 0 Å². The Hall–Kier alpha value is -0.160. The van der Waals surface area contributed by atoms with Crippen molar-refractivity contribution >= 4 is 0 Å². The van der Waals surface area contributed by atoms with Crippen molar-refractivity contribution in [3.8, 4) is 0 Å². The van der Waals surface area contributed by atoms with Crippen molar-refractivity contribution in [2.24, 2.45) is 11.5 Å². The van der Waals surface area contributed by atoms with Gasteiger partial charge >= 0.3 is 0 Å². The van der Waals surface area contributed by atoms with Gasteiger partial charge in [-0.3, -0.25) is 0 Å². The molecule has 182 valence electrons. The zero-order chi connectivity index (χ0) is 21.8. The molecule has 0 aliphatic carbocycles. The largest absolute Gasteiger partial charge is 0.330 e. The Morgan fingerprint density at radius 3 is 0.700 bits per heavy atom. The van der Waals surface area contributed by atoms with Crippen molar-refractivity contribution in [3.05, 3.63) is 0 Å². The summed E-state index contributed by atoms with van der Waals surface area (Å²) in [6, 6.07) is 0. The van der Waals surface area contributed by atoms with Gasteiger partial charge in [0.1, 0.15) is 0 Å². The summed E-state index contributed by atoms with van der Waals surface area (Å²) in [5.74, 6) is 0. The molecule has 0 aliphatic rings. The van der Waals surface area contributed by atoms with Gasteiger partial charge in [-0.25, -0.2) is 0 Å². The highest BCUT2D eigenvalue weighted by molar-refractivity contribution is 4.53. The lowest BCUT2D eigenvalue weighted by atomic mass is 10.0. The lowest BCUT2D eigenvalue weighted by molar-refractivity contribution is 0.518. The molecule has 0 unspecified atom stereocenters. The minimum atomic E-state index is 0.808. The molecule has 0 aliphatic heterocycles. The smallest absolute Gasteiger partial charge is 0.00369 e. The molecule has 30 heavy (non-hydrogen) atoms. The average Bonchev–Trinajstić information content (AvgIpc) is 2.76. The third-order valence-electron chi connectivity index (χ3n) is 6.07. The van der Waals surface area contributed by atoms with Crippen molar-refractivity contribution in [3.63, 3.8) is 0 Å². The molecule has 0 aromatic heterocycles. The van der Waals surface area contributed by atoms with E-state index in [0.717, 1.165) is 39.0 Å². The molecule has 0 bridgehead atoms. The van der Waals surface area contributed by atoms with E-state index in [1.807, 2.05) is 0 Å². The number of unbranched alkanes of at least 4 members (excludes halogenated alkanes) is 17. The van der Waals surface area contributed by atoms with E-state index < -0.39 is 0 Å². The molecule has 0 fully saturated rings. The van der Waals surface area contributed by atoms with Crippen molar-refractivity contribution < 1.29 is 0 Å². The fraction of sp³-hybridized carbons (Fsp3) is 1.00. The molecular weight excluding hydrogens is 368 g/mol. The lowest BCUT2D eigenvalue weighted by Crippen LogP contribution is -2.19. The van der Waals surface area contributed by atoms with Crippen molar-refractivity contribution in [2.75, 3.05) is 39.3 Å². The van der Waals surface area contributed by atoms with Gasteiger partial charge in [0.25, 0.3) is 0 Å². The van der Waals surface area contributed by atoms with Gasteiger partial charge in [-0.05, 0) is 65.0 Å². The summed E-state index contributed by atoms with van der Waals surface area (Å²) in [6.45, 7) is 6.14. The van der Waals surface area contributed by atoms with Gasteiger partial charge in [-0.2, -0.15) is 0 Å². The Morgan fingerprint density at radius 2 is 0.467 bits per heavy atom. The first kappa shape index (κ1) is 29.8. The summed E-state index contributed by atoms with van der Waals surface area (Å²) < 4.78 is 0. The lowest BCUT2D eigenvalue weighted by Gasteiger charge is -2.05. The van der Waals surface area contributed by atoms with Gasteiger partial charge in [-0.1, -0.05) is 103 Å². The predicted molar refractivity (Wildman–Crippen MR) is 136 cm³/mol. The maximum atomic E-state index is 5.49. The molecule has 0 aromatic carbocycles. The zero-order valence-electron chi connectivity index (χ0n) is 20.5. The third kappa shape index (κ3) is 27.8. The summed E-state index contributed by atoms with van der Waals surface area (Å²) in [6.07, 6.45) is 28.0. The molecule has 0 amide bonds. The van der Waals surface area contributed by atoms with Crippen LogP contribution in [-0.4, -0.2) is 39.3 Å². The Labute approximate surface area is 190 Å². The fourth-order valence-corrected chi connectivity index (χ4v) is 4.03. The monoisotopic (exact) mass is 426 g/mol. The molecule has 0 aromatic rings. The average molecular weight is 427 g/mol. The summed E-state index contributed by atoms with van der Waals surface area (Å²) in [7, 11) is 0. The number of rotatable bonds is 27. The Morgan fingerprint density at radius 1 is 0.267 bits per heavy atom. The molecule has 0 radical (unpaired) electrons. The van der Waals surface area contributed by atoms with Crippen molar-refractivity contribution in [1.82, 2.24) is 10.6 Å². The molecule has 0 heterocycles. The molecule has 4 nitrogen and oxygen atoms in total. The van der Waals surface area contributed by atoms with Crippen LogP contribution in [0.15, 0.2) is 0 Å². The quantitative estimate of drug-likeness (QED) is 0.124. The van der Waals surface area contributed by atoms with Crippen LogP contribution in [0.1, 0.15) is 128 Å². The van der Waals surface area contributed by atoms with E-state index >= 15 is 0 Å². The van der Waals surface area contributed by atoms with E-state index in [-0.39, 0.29) is 0 Å². The van der Waals surface area contributed by atoms with Crippen LogP contribution in [0.3, 0.4) is 0 Å². The van der Waals surface area contributed by atoms with Gasteiger partial charge < -0.3 is 22.1 Å². The maximum absolute atomic E-state index is 5.49. The summed E-state index contributed by atoms with van der Waals surface area (Å²) >= 11 is 0. The van der Waals surface area contributed by atoms with Crippen LogP contribution >= 0.6 is 0 Å². The summed E-state index contributed by atoms with van der Waals surface area (Å²) in [5.41, 5.74) is 11.0. The van der Waals surface area contributed by atoms with Gasteiger partial charge in [0.15, 0.2) is 0 Å². The third-order valence-corrected chi connectivity index (χ3v) is 6.07. The van der Waals surface area contributed by atoms with Crippen LogP contribution in [0, 0.1) is 0 Å². The van der Waals surface area contributed by atoms with Crippen molar-refractivity contribution in [2.45, 2.75) is 128 Å². The second kappa shape index (κ2) is 28.8. The fourth-order valence-electron chi connectivity index (χ4n) is 4.03. The Bertz CT molecular complexity index is 258. The van der Waals surface area contributed by atoms with Crippen LogP contribution in [0.25, 0.3) is 0 Å². The number of hydrogen-bond acceptors (Lipinski definition) is 4. The summed E-state index contributed by atoms with van der Waals surface area (Å²) in [5, 5.41) is 6.93. The highest BCUT2D eigenvalue weighted by atomic mass is 14.8. The SMILES string of the molecule is NCCCNCCCCCCCCCCCCCCCCCCCCNCCCN. The normalized spacial score (nSPS) is 11.4. The standard InChI is InChI=1S/C26H58N4/c27-21-19-25-29-23-17-15-13-11-9-7-5-3-1-2-4-6-8-10-12-14-16-18-24-30-26-20-22-28/h29-30H,1-28H2. The van der Waals surface area contributed by atoms with Crippen LogP contribution in [0.4, 0.5) is 0 Å². The Balaban J connectivity index is 2.97. The van der Waals surface area contributed by atoms with E-state index in [2.05, 4.69) is 10.6 Å². The number of nitrogens with one attached hydrogen (secondary N) is 2. The zero-order valence-corrected chi connectivity index (χ0v) is 20.5. The molecule has 0 saturated carbocycles. The maximum Gasteiger partial charge on any atom is -0.00369 e. The number of hydrogen-bond donors (Lipinski definition) is 4. The molecule has 0 rings (SSSR count). The van der Waals surface area contributed by atoms with Crippen LogP contribution in [-0.2, 0) is 0 Å². The topological polar surface area (TPSA) is 76.1 Å². The molecule has 0 spiro atoms. The minimum Gasteiger partial charge on any atom is -0.330 e. The molecule has 0 atom stereocenters. The van der Waals surface area contributed by atoms with E-state index in [9.17, 15) is 0 Å². The molecule has 4 heteroatoms. The van der Waals surface area contributed by atoms with Crippen LogP contribution in [0.2, 0.25) is 0 Å². The van der Waals surface area contributed by atoms with E-state index in [4.69, 9.17) is 11.5 Å². The second-order valence-electron chi connectivity index (χ2n) is 9.15. The van der Waals surface area contributed by atoms with Gasteiger partial charge in [0.05, 0.1) is 0 Å². The molecule has 0 saturated heterocycles. The molecular formula is C26H58N4. The highest BCUT2D eigenvalue weighted by Crippen LogP contribution is 2.14. The first-order valence-corrected chi connectivity index (χ1v) is 13.7. The van der Waals surface area contributed by atoms with Crippen molar-refractivity contribution in [1.29, 1.82) is 0 Å². The highest BCUT2D eigenvalue weighted by Gasteiger charge is 1.96. The van der Waals surface area contributed by atoms with E-state index in [1.165, 1.54) is 129 Å². The predicted octanol–water partition coefficient (Wildman–Crippen LogP) is 5.89. The first-order valence-electron chi connectivity index (χ1n) is 13.7. The minimum absolute atomic E-state index is 0.808. The van der Waals surface area contributed by atoms with Crippen LogP contribution < -0.4 is 22.1 Å². The Kier molecular flexibility index (Phi) is 28.7. The van der Waals surface area contributed by atoms with Gasteiger partial charge in [0.2, 0.25) is 0 Å². The van der Waals surface area contributed by atoms with Gasteiger partial charge in [-0.15, -0.1) is 0 Å². The molecule has 6 N–H and O–H groups in total. The number of nitrogens with two attached hydrogens (primary N) is 2. The van der Waals surface area contributed by atoms with E-state index in [1.54, 1.807) is 0 Å². The van der Waals surface area contributed by atoms with E-state index in [0.29, 0.717) is 0 Å². The van der Waals surface area contributed by atoms with Gasteiger partial charge in [0, 0.05) is 0 Å². The summed E-state index contributed by atoms with van der Waals surface area (Å²) in [4.78, 5) is 0. The second-order valence-corrected chi connectivity index (χ2v) is 9.15.